The first-order valence-corrected chi connectivity index (χ1v) is 8.75. The molecule has 2 aromatic rings. The van der Waals surface area contributed by atoms with E-state index in [2.05, 4.69) is 21.2 Å². The predicted molar refractivity (Wildman–Crippen MR) is 100 cm³/mol. The van der Waals surface area contributed by atoms with Gasteiger partial charge in [-0.3, -0.25) is 9.69 Å². The Morgan fingerprint density at radius 3 is 2.50 bits per heavy atom. The molecule has 0 heterocycles. The number of benzene rings is 2. The molecule has 0 saturated heterocycles. The Labute approximate surface area is 151 Å². The van der Waals surface area contributed by atoms with Crippen molar-refractivity contribution in [2.75, 3.05) is 26.7 Å². The fourth-order valence-corrected chi connectivity index (χ4v) is 2.55. The zero-order valence-electron chi connectivity index (χ0n) is 14.0. The minimum absolute atomic E-state index is 0.00566. The first-order valence-electron chi connectivity index (χ1n) is 7.96. The van der Waals surface area contributed by atoms with Crippen LogP contribution in [-0.2, 0) is 4.79 Å². The van der Waals surface area contributed by atoms with Gasteiger partial charge in [0.25, 0.3) is 0 Å². The second-order valence-corrected chi connectivity index (χ2v) is 6.66. The van der Waals surface area contributed by atoms with E-state index in [1.54, 1.807) is 0 Å². The van der Waals surface area contributed by atoms with Gasteiger partial charge in [0.2, 0.25) is 5.91 Å². The molecule has 24 heavy (non-hydrogen) atoms. The molecule has 1 amide bonds. The molecule has 0 saturated carbocycles. The summed E-state index contributed by atoms with van der Waals surface area (Å²) in [5, 5.41) is 3.01. The van der Waals surface area contributed by atoms with Crippen LogP contribution in [0.5, 0.6) is 5.75 Å². The SMILES string of the molecule is CC(NC(=O)CN(C)CCOc1ccc(Br)cc1)c1ccccc1. The predicted octanol–water partition coefficient (Wildman–Crippen LogP) is 3.64. The van der Waals surface area contributed by atoms with Crippen LogP contribution in [0.1, 0.15) is 18.5 Å². The van der Waals surface area contributed by atoms with Crippen molar-refractivity contribution in [1.82, 2.24) is 10.2 Å². The summed E-state index contributed by atoms with van der Waals surface area (Å²) in [7, 11) is 1.91. The smallest absolute Gasteiger partial charge is 0.234 e. The Bertz CT molecular complexity index is 632. The monoisotopic (exact) mass is 390 g/mol. The molecule has 0 radical (unpaired) electrons. The van der Waals surface area contributed by atoms with Crippen molar-refractivity contribution in [3.05, 3.63) is 64.6 Å². The standard InChI is InChI=1S/C19H23BrN2O2/c1-15(16-6-4-3-5-7-16)21-19(23)14-22(2)12-13-24-18-10-8-17(20)9-11-18/h3-11,15H,12-14H2,1-2H3,(H,21,23). The minimum Gasteiger partial charge on any atom is -0.492 e. The zero-order chi connectivity index (χ0) is 17.4. The van der Waals surface area contributed by atoms with Crippen molar-refractivity contribution < 1.29 is 9.53 Å². The highest BCUT2D eigenvalue weighted by Crippen LogP contribution is 2.16. The van der Waals surface area contributed by atoms with Crippen LogP contribution in [0.2, 0.25) is 0 Å². The average molecular weight is 391 g/mol. The average Bonchev–Trinajstić information content (AvgIpc) is 2.57. The molecule has 0 aliphatic rings. The van der Waals surface area contributed by atoms with Crippen LogP contribution in [0, 0.1) is 0 Å². The summed E-state index contributed by atoms with van der Waals surface area (Å²) >= 11 is 3.39. The molecule has 0 aliphatic heterocycles. The molecule has 1 atom stereocenters. The zero-order valence-corrected chi connectivity index (χ0v) is 15.6. The number of halogens is 1. The van der Waals surface area contributed by atoms with E-state index in [-0.39, 0.29) is 11.9 Å². The lowest BCUT2D eigenvalue weighted by Gasteiger charge is -2.19. The normalized spacial score (nSPS) is 12.0. The fraction of sp³-hybridized carbons (Fsp3) is 0.316. The van der Waals surface area contributed by atoms with Gasteiger partial charge in [-0.2, -0.15) is 0 Å². The largest absolute Gasteiger partial charge is 0.492 e. The van der Waals surface area contributed by atoms with E-state index < -0.39 is 0 Å². The lowest BCUT2D eigenvalue weighted by Crippen LogP contribution is -2.38. The number of amides is 1. The summed E-state index contributed by atoms with van der Waals surface area (Å²) in [6.07, 6.45) is 0. The maximum Gasteiger partial charge on any atom is 0.234 e. The summed E-state index contributed by atoms with van der Waals surface area (Å²) < 4.78 is 6.69. The molecule has 1 N–H and O–H groups in total. The van der Waals surface area contributed by atoms with Crippen molar-refractivity contribution in [2.45, 2.75) is 13.0 Å². The second kappa shape index (κ2) is 9.45. The van der Waals surface area contributed by atoms with Crippen LogP contribution in [0.3, 0.4) is 0 Å². The van der Waals surface area contributed by atoms with E-state index in [1.165, 1.54) is 0 Å². The van der Waals surface area contributed by atoms with Gasteiger partial charge in [0.1, 0.15) is 12.4 Å². The van der Waals surface area contributed by atoms with Gasteiger partial charge in [0.15, 0.2) is 0 Å². The number of likely N-dealkylation sites (N-methyl/N-ethyl adjacent to an activating group) is 1. The highest BCUT2D eigenvalue weighted by atomic mass is 79.9. The summed E-state index contributed by atoms with van der Waals surface area (Å²) in [6, 6.07) is 17.7. The molecule has 5 heteroatoms. The van der Waals surface area contributed by atoms with Crippen LogP contribution in [-0.4, -0.2) is 37.6 Å². The Hall–Kier alpha value is -1.85. The molecule has 128 valence electrons. The van der Waals surface area contributed by atoms with Crippen molar-refractivity contribution >= 4 is 21.8 Å². The van der Waals surface area contributed by atoms with Crippen LogP contribution >= 0.6 is 15.9 Å². The maximum atomic E-state index is 12.1. The van der Waals surface area contributed by atoms with Crippen molar-refractivity contribution in [1.29, 1.82) is 0 Å². The van der Waals surface area contributed by atoms with Gasteiger partial charge in [-0.25, -0.2) is 0 Å². The number of carbonyl (C=O) groups is 1. The molecule has 2 aromatic carbocycles. The first-order chi connectivity index (χ1) is 11.5. The number of nitrogens with zero attached hydrogens (tertiary/aromatic N) is 1. The van der Waals surface area contributed by atoms with Crippen LogP contribution < -0.4 is 10.1 Å². The number of hydrogen-bond donors (Lipinski definition) is 1. The molecule has 0 bridgehead atoms. The van der Waals surface area contributed by atoms with Crippen molar-refractivity contribution in [3.8, 4) is 5.75 Å². The van der Waals surface area contributed by atoms with Gasteiger partial charge < -0.3 is 10.1 Å². The van der Waals surface area contributed by atoms with E-state index in [9.17, 15) is 4.79 Å². The van der Waals surface area contributed by atoms with Crippen LogP contribution in [0.15, 0.2) is 59.1 Å². The molecule has 1 unspecified atom stereocenters. The third kappa shape index (κ3) is 6.34. The van der Waals surface area contributed by atoms with Gasteiger partial charge in [0, 0.05) is 11.0 Å². The highest BCUT2D eigenvalue weighted by molar-refractivity contribution is 9.10. The number of hydrogen-bond acceptors (Lipinski definition) is 3. The van der Waals surface area contributed by atoms with E-state index in [0.717, 1.165) is 15.8 Å². The van der Waals surface area contributed by atoms with Gasteiger partial charge in [-0.15, -0.1) is 0 Å². The quantitative estimate of drug-likeness (QED) is 0.747. The summed E-state index contributed by atoms with van der Waals surface area (Å²) in [4.78, 5) is 14.1. The third-order valence-corrected chi connectivity index (χ3v) is 4.17. The van der Waals surface area contributed by atoms with Gasteiger partial charge in [-0.1, -0.05) is 46.3 Å². The van der Waals surface area contributed by atoms with E-state index in [0.29, 0.717) is 19.7 Å². The first kappa shape index (κ1) is 18.5. The third-order valence-electron chi connectivity index (χ3n) is 3.65. The van der Waals surface area contributed by atoms with E-state index >= 15 is 0 Å². The summed E-state index contributed by atoms with van der Waals surface area (Å²) in [5.74, 6) is 0.839. The lowest BCUT2D eigenvalue weighted by molar-refractivity contribution is -0.122. The van der Waals surface area contributed by atoms with E-state index in [1.807, 2.05) is 73.5 Å². The van der Waals surface area contributed by atoms with E-state index in [4.69, 9.17) is 4.74 Å². The Balaban J connectivity index is 1.68. The molecule has 0 aromatic heterocycles. The fourth-order valence-electron chi connectivity index (χ4n) is 2.29. The number of ether oxygens (including phenoxy) is 1. The minimum atomic E-state index is 0.00566. The maximum absolute atomic E-state index is 12.1. The second-order valence-electron chi connectivity index (χ2n) is 5.74. The number of carbonyl (C=O) groups excluding carboxylic acids is 1. The molecule has 0 spiro atoms. The van der Waals surface area contributed by atoms with Gasteiger partial charge in [0.05, 0.1) is 12.6 Å². The molecular formula is C19H23BrN2O2. The highest BCUT2D eigenvalue weighted by Gasteiger charge is 2.11. The van der Waals surface area contributed by atoms with Crippen LogP contribution in [0.25, 0.3) is 0 Å². The topological polar surface area (TPSA) is 41.6 Å². The van der Waals surface area contributed by atoms with Crippen molar-refractivity contribution in [2.24, 2.45) is 0 Å². The molecule has 0 fully saturated rings. The van der Waals surface area contributed by atoms with Crippen LogP contribution in [0.4, 0.5) is 0 Å². The number of rotatable bonds is 8. The Morgan fingerprint density at radius 2 is 1.83 bits per heavy atom. The molecule has 2 rings (SSSR count). The molecule has 0 aliphatic carbocycles. The number of nitrogens with one attached hydrogen (secondary N) is 1. The summed E-state index contributed by atoms with van der Waals surface area (Å²) in [5.41, 5.74) is 1.10. The Morgan fingerprint density at radius 1 is 1.17 bits per heavy atom. The molecule has 4 nitrogen and oxygen atoms in total. The molecular weight excluding hydrogens is 368 g/mol. The Kier molecular flexibility index (Phi) is 7.28. The van der Waals surface area contributed by atoms with Crippen molar-refractivity contribution in [3.63, 3.8) is 0 Å². The van der Waals surface area contributed by atoms with Gasteiger partial charge >= 0.3 is 0 Å². The summed E-state index contributed by atoms with van der Waals surface area (Å²) in [6.45, 7) is 3.56. The lowest BCUT2D eigenvalue weighted by atomic mass is 10.1. The van der Waals surface area contributed by atoms with Gasteiger partial charge in [-0.05, 0) is 43.8 Å².